The highest BCUT2D eigenvalue weighted by Crippen LogP contribution is 2.55. The maximum Gasteiger partial charge on any atom is 0.298 e. The summed E-state index contributed by atoms with van der Waals surface area (Å²) in [6, 6.07) is 26.1. The number of thioether (sulfide) groups is 2. The normalized spacial score (nSPS) is 22.3. The number of benzene rings is 4. The van der Waals surface area contributed by atoms with Crippen molar-refractivity contribution >= 4 is 81.1 Å². The SMILES string of the molecule is O=[N+]([O-])C1(c2ccccc2Cl)C=CC(OC2C=CC(c3ccccc3Cl)([N+](=O)[O-])C(SCCF)=C2c2ccccc2Cl)C(c2ccccc2Cl)=C1SCCF. The fourth-order valence-electron chi connectivity index (χ4n) is 6.87. The maximum absolute atomic E-state index is 14.1. The molecule has 15 heteroatoms. The minimum absolute atomic E-state index is 0.115. The van der Waals surface area contributed by atoms with Gasteiger partial charge in [0.2, 0.25) is 0 Å². The first-order valence-electron chi connectivity index (χ1n) is 16.7. The molecule has 2 aliphatic carbocycles. The summed E-state index contributed by atoms with van der Waals surface area (Å²) in [7, 11) is 0. The van der Waals surface area contributed by atoms with Crippen molar-refractivity contribution in [3.05, 3.63) is 194 Å². The van der Waals surface area contributed by atoms with Crippen molar-refractivity contribution in [1.82, 2.24) is 0 Å². The summed E-state index contributed by atoms with van der Waals surface area (Å²) in [5, 5.41) is 27.5. The summed E-state index contributed by atoms with van der Waals surface area (Å²) < 4.78 is 35.1. The lowest BCUT2D eigenvalue weighted by Gasteiger charge is -2.38. The van der Waals surface area contributed by atoms with Gasteiger partial charge in [-0.25, -0.2) is 0 Å². The summed E-state index contributed by atoms with van der Waals surface area (Å²) in [5.41, 5.74) is -2.57. The predicted octanol–water partition coefficient (Wildman–Crippen LogP) is 12.1. The molecule has 0 radical (unpaired) electrons. The summed E-state index contributed by atoms with van der Waals surface area (Å²) in [4.78, 5) is 26.1. The van der Waals surface area contributed by atoms with Gasteiger partial charge < -0.3 is 4.74 Å². The second kappa shape index (κ2) is 17.6. The highest BCUT2D eigenvalue weighted by atomic mass is 35.5. The highest BCUT2D eigenvalue weighted by Gasteiger charge is 2.55. The molecule has 4 aromatic rings. The second-order valence-corrected chi connectivity index (χ2v) is 16.1. The number of ether oxygens (including phenoxy) is 1. The Morgan fingerprint density at radius 2 is 0.927 bits per heavy atom. The van der Waals surface area contributed by atoms with E-state index >= 15 is 0 Å². The fraction of sp³-hybridized carbons (Fsp3) is 0.200. The molecule has 0 saturated carbocycles. The highest BCUT2D eigenvalue weighted by molar-refractivity contribution is 8.03. The Bertz CT molecular complexity index is 2100. The van der Waals surface area contributed by atoms with Crippen LogP contribution in [0.5, 0.6) is 0 Å². The fourth-order valence-corrected chi connectivity index (χ4v) is 10.2. The van der Waals surface area contributed by atoms with Gasteiger partial charge in [-0.3, -0.25) is 29.0 Å². The molecule has 0 N–H and O–H groups in total. The van der Waals surface area contributed by atoms with Crippen LogP contribution in [0.15, 0.2) is 131 Å². The molecule has 0 bridgehead atoms. The Balaban J connectivity index is 1.65. The molecular weight excluding hydrogens is 832 g/mol. The topological polar surface area (TPSA) is 95.5 Å². The van der Waals surface area contributed by atoms with Crippen LogP contribution in [0.1, 0.15) is 22.3 Å². The summed E-state index contributed by atoms with van der Waals surface area (Å²) in [6.45, 7) is -1.61. The smallest absolute Gasteiger partial charge is 0.298 e. The molecule has 4 unspecified atom stereocenters. The lowest BCUT2D eigenvalue weighted by atomic mass is 9.79. The molecule has 55 heavy (non-hydrogen) atoms. The largest absolute Gasteiger partial charge is 0.357 e. The Morgan fingerprint density at radius 3 is 1.25 bits per heavy atom. The van der Waals surface area contributed by atoms with Gasteiger partial charge in [0, 0.05) is 65.8 Å². The van der Waals surface area contributed by atoms with Gasteiger partial charge in [-0.2, -0.15) is 0 Å². The summed E-state index contributed by atoms with van der Waals surface area (Å²) in [5.74, 6) is -0.295. The first kappa shape index (κ1) is 41.0. The molecule has 2 aliphatic rings. The predicted molar refractivity (Wildman–Crippen MR) is 221 cm³/mol. The zero-order valence-corrected chi connectivity index (χ0v) is 33.2. The van der Waals surface area contributed by atoms with Crippen molar-refractivity contribution < 1.29 is 23.4 Å². The third-order valence-electron chi connectivity index (χ3n) is 9.19. The van der Waals surface area contributed by atoms with Gasteiger partial charge >= 0.3 is 0 Å². The van der Waals surface area contributed by atoms with E-state index in [9.17, 15) is 29.0 Å². The second-order valence-electron chi connectivity index (χ2n) is 12.2. The zero-order valence-electron chi connectivity index (χ0n) is 28.6. The number of nitrogens with zero attached hydrogens (tertiary/aromatic N) is 2. The van der Waals surface area contributed by atoms with E-state index in [4.69, 9.17) is 51.1 Å². The molecule has 0 heterocycles. The van der Waals surface area contributed by atoms with Crippen molar-refractivity contribution in [3.8, 4) is 0 Å². The number of halogens is 6. The van der Waals surface area contributed by atoms with E-state index in [1.54, 1.807) is 84.9 Å². The van der Waals surface area contributed by atoms with Crippen molar-refractivity contribution in [2.24, 2.45) is 0 Å². The Labute approximate surface area is 344 Å². The van der Waals surface area contributed by atoms with Crippen molar-refractivity contribution in [1.29, 1.82) is 0 Å². The van der Waals surface area contributed by atoms with E-state index in [2.05, 4.69) is 0 Å². The Morgan fingerprint density at radius 1 is 0.582 bits per heavy atom. The van der Waals surface area contributed by atoms with Crippen LogP contribution in [0, 0.1) is 20.2 Å². The zero-order chi connectivity index (χ0) is 39.3. The summed E-state index contributed by atoms with van der Waals surface area (Å²) >= 11 is 28.9. The monoisotopic (exact) mass is 860 g/mol. The van der Waals surface area contributed by atoms with Crippen LogP contribution >= 0.6 is 69.9 Å². The molecule has 4 atom stereocenters. The molecule has 0 spiro atoms. The quantitative estimate of drug-likeness (QED) is 0.0708. The Hall–Kier alpha value is -3.68. The van der Waals surface area contributed by atoms with E-state index in [1.807, 2.05) is 0 Å². The molecule has 6 rings (SSSR count). The molecule has 4 aromatic carbocycles. The molecule has 0 aliphatic heterocycles. The molecule has 0 amide bonds. The van der Waals surface area contributed by atoms with E-state index < -0.39 is 46.5 Å². The van der Waals surface area contributed by atoms with Crippen molar-refractivity contribution in [2.45, 2.75) is 23.3 Å². The van der Waals surface area contributed by atoms with Gasteiger partial charge in [0.05, 0.1) is 44.3 Å². The molecule has 284 valence electrons. The first-order valence-corrected chi connectivity index (χ1v) is 20.2. The molecule has 0 saturated heterocycles. The average Bonchev–Trinajstić information content (AvgIpc) is 3.17. The van der Waals surface area contributed by atoms with E-state index in [0.717, 1.165) is 23.5 Å². The van der Waals surface area contributed by atoms with Crippen LogP contribution < -0.4 is 0 Å². The van der Waals surface area contributed by atoms with Gasteiger partial charge in [-0.15, -0.1) is 23.5 Å². The van der Waals surface area contributed by atoms with Crippen LogP contribution in [0.3, 0.4) is 0 Å². The van der Waals surface area contributed by atoms with Crippen LogP contribution in [-0.2, 0) is 15.8 Å². The molecule has 0 fully saturated rings. The third-order valence-corrected chi connectivity index (χ3v) is 12.9. The van der Waals surface area contributed by atoms with Gasteiger partial charge in [0.1, 0.15) is 12.2 Å². The lowest BCUT2D eigenvalue weighted by molar-refractivity contribution is -0.550. The minimum atomic E-state index is -2.08. The summed E-state index contributed by atoms with van der Waals surface area (Å²) in [6.07, 6.45) is 3.55. The lowest BCUT2D eigenvalue weighted by Crippen LogP contribution is -2.42. The standard InChI is InChI=1S/C40H30Cl4F2N2O5S2/c41-29-13-5-1-9-25(29)35-33(17-19-39(47(49)50,37(35)54-23-21-45)27-11-3-7-15-31(27)43)53-34-18-20-40(48(51)52,28-12-4-8-16-32(28)44)38(55-24-22-46)36(34)26-10-2-6-14-30(26)42/h1-20,33-34H,21-24H2. The van der Waals surface area contributed by atoms with Crippen molar-refractivity contribution in [3.63, 3.8) is 0 Å². The Kier molecular flexibility index (Phi) is 13.1. The number of hydrogen-bond acceptors (Lipinski definition) is 7. The number of alkyl halides is 2. The average molecular weight is 863 g/mol. The van der Waals surface area contributed by atoms with Crippen molar-refractivity contribution in [2.75, 3.05) is 24.9 Å². The molecule has 0 aromatic heterocycles. The van der Waals surface area contributed by atoms with E-state index in [1.165, 1.54) is 36.4 Å². The van der Waals surface area contributed by atoms with Crippen LogP contribution in [0.25, 0.3) is 11.1 Å². The van der Waals surface area contributed by atoms with Crippen LogP contribution in [0.2, 0.25) is 20.1 Å². The maximum atomic E-state index is 14.1. The van der Waals surface area contributed by atoms with Gasteiger partial charge in [-0.05, 0) is 48.6 Å². The molecule has 7 nitrogen and oxygen atoms in total. The van der Waals surface area contributed by atoms with Gasteiger partial charge in [0.25, 0.3) is 11.1 Å². The van der Waals surface area contributed by atoms with E-state index in [-0.39, 0.29) is 63.7 Å². The third kappa shape index (κ3) is 7.60. The number of rotatable bonds is 14. The van der Waals surface area contributed by atoms with Crippen LogP contribution in [-0.4, -0.2) is 46.9 Å². The van der Waals surface area contributed by atoms with Crippen LogP contribution in [0.4, 0.5) is 8.78 Å². The van der Waals surface area contributed by atoms with Gasteiger partial charge in [-0.1, -0.05) is 107 Å². The van der Waals surface area contributed by atoms with E-state index in [0.29, 0.717) is 11.1 Å². The minimum Gasteiger partial charge on any atom is -0.357 e. The molecular formula is C40H30Cl4F2N2O5S2. The number of nitro groups is 2. The number of hydrogen-bond donors (Lipinski definition) is 0. The van der Waals surface area contributed by atoms with Gasteiger partial charge in [0.15, 0.2) is 0 Å². The first-order chi connectivity index (χ1) is 26.5.